The molecule has 0 aliphatic carbocycles. The van der Waals surface area contributed by atoms with E-state index in [9.17, 15) is 39.5 Å². The van der Waals surface area contributed by atoms with Gasteiger partial charge in [-0.25, -0.2) is 4.39 Å². The highest BCUT2D eigenvalue weighted by atomic mass is 19.1. The lowest BCUT2D eigenvalue weighted by atomic mass is 9.77. The third-order valence-electron chi connectivity index (χ3n) is 15.0. The van der Waals surface area contributed by atoms with Crippen LogP contribution in [0, 0.1) is 40.9 Å². The van der Waals surface area contributed by atoms with E-state index in [0.717, 1.165) is 5.56 Å². The zero-order chi connectivity index (χ0) is 53.6. The summed E-state index contributed by atoms with van der Waals surface area (Å²) < 4.78 is 40.0. The van der Waals surface area contributed by atoms with Crippen LogP contribution >= 0.6 is 0 Å². The highest BCUT2D eigenvalue weighted by Crippen LogP contribution is 2.38. The number of alkyl halides is 1. The molecule has 1 amide bonds. The van der Waals surface area contributed by atoms with Crippen LogP contribution in [0.25, 0.3) is 0 Å². The van der Waals surface area contributed by atoms with Crippen molar-refractivity contribution in [1.29, 1.82) is 5.26 Å². The fourth-order valence-corrected chi connectivity index (χ4v) is 10.7. The molecule has 15 nitrogen and oxygen atoms in total. The van der Waals surface area contributed by atoms with Gasteiger partial charge in [0.25, 0.3) is 0 Å². The molecule has 0 spiro atoms. The number of hydrogen-bond donors (Lipinski definition) is 6. The summed E-state index contributed by atoms with van der Waals surface area (Å²) in [4.78, 5) is 31.5. The van der Waals surface area contributed by atoms with E-state index in [1.54, 1.807) is 58.9 Å². The van der Waals surface area contributed by atoms with Crippen molar-refractivity contribution in [3.05, 3.63) is 35.4 Å². The zero-order valence-corrected chi connectivity index (χ0v) is 45.8. The van der Waals surface area contributed by atoms with Crippen LogP contribution in [0.3, 0.4) is 0 Å². The number of nitrogens with one attached hydrogen (secondary N) is 1. The van der Waals surface area contributed by atoms with Crippen molar-refractivity contribution in [2.75, 3.05) is 41.0 Å². The lowest BCUT2D eigenvalue weighted by Gasteiger charge is -2.46. The predicted molar refractivity (Wildman–Crippen MR) is 270 cm³/mol. The standard InChI is InChI=1S/C54H95FN4O11/c1-18-44-54(14,66)49(63)38(10)59(16)31-34(6)27-52(12,65)50(36(8)47(37(9)51(64)70-44)68-35(7)28-53(13,67-17)48(62)33(4)5)69-39(11)46(61)43(25-32(2)3)58(15)24-23-45(60)57-42(29-55)26-40-19-21-41(30-56)22-20-40/h19-22,32-39,42-44,46-50,61-63,65-66H,18,23-29,31H2,1-17H3,(H,57,60)/t34-,35-,36+,37-,38-,39-,42+,43+,44-,46+,47+,48+,49-,50-,52-,53-,54-/m1/s1. The Bertz CT molecular complexity index is 1760. The van der Waals surface area contributed by atoms with Gasteiger partial charge >= 0.3 is 5.97 Å². The third kappa shape index (κ3) is 17.7. The molecule has 0 unspecified atom stereocenters. The van der Waals surface area contributed by atoms with E-state index in [2.05, 4.69) is 11.4 Å². The molecule has 0 radical (unpaired) electrons. The van der Waals surface area contributed by atoms with Crippen molar-refractivity contribution in [2.45, 2.75) is 219 Å². The molecule has 1 fully saturated rings. The molecule has 1 aromatic rings. The number of esters is 1. The van der Waals surface area contributed by atoms with Gasteiger partial charge in [0.2, 0.25) is 5.91 Å². The summed E-state index contributed by atoms with van der Waals surface area (Å²) in [5, 5.41) is 71.8. The smallest absolute Gasteiger partial charge is 0.311 e. The number of rotatable bonds is 22. The molecule has 1 aliphatic rings. The summed E-state index contributed by atoms with van der Waals surface area (Å²) >= 11 is 0. The van der Waals surface area contributed by atoms with E-state index in [1.807, 2.05) is 79.3 Å². The average Bonchev–Trinajstić information content (AvgIpc) is 3.29. The monoisotopic (exact) mass is 995 g/mol. The van der Waals surface area contributed by atoms with Crippen molar-refractivity contribution in [1.82, 2.24) is 15.1 Å². The van der Waals surface area contributed by atoms with E-state index < -0.39 is 108 Å². The number of benzene rings is 1. The van der Waals surface area contributed by atoms with Gasteiger partial charge in [0, 0.05) is 51.0 Å². The molecule has 17 atom stereocenters. The van der Waals surface area contributed by atoms with E-state index in [-0.39, 0.29) is 62.3 Å². The van der Waals surface area contributed by atoms with Crippen LogP contribution in [0.1, 0.15) is 140 Å². The van der Waals surface area contributed by atoms with Crippen molar-refractivity contribution in [2.24, 2.45) is 29.6 Å². The van der Waals surface area contributed by atoms with E-state index >= 15 is 0 Å². The summed E-state index contributed by atoms with van der Waals surface area (Å²) in [5.41, 5.74) is -3.18. The van der Waals surface area contributed by atoms with Crippen molar-refractivity contribution in [3.8, 4) is 6.07 Å². The Morgan fingerprint density at radius 2 is 1.67 bits per heavy atom. The van der Waals surface area contributed by atoms with Gasteiger partial charge in [0.1, 0.15) is 24.5 Å². The number of ether oxygens (including phenoxy) is 4. The minimum absolute atomic E-state index is 0.0309. The minimum atomic E-state index is -1.83. The Balaban J connectivity index is 2.62. The van der Waals surface area contributed by atoms with Gasteiger partial charge in [-0.1, -0.05) is 60.6 Å². The number of aliphatic hydroxyl groups excluding tert-OH is 3. The molecular weight excluding hydrogens is 900 g/mol. The van der Waals surface area contributed by atoms with E-state index in [0.29, 0.717) is 18.5 Å². The van der Waals surface area contributed by atoms with Gasteiger partial charge in [0.05, 0.1) is 71.4 Å². The normalized spacial score (nSPS) is 31.4. The molecule has 70 heavy (non-hydrogen) atoms. The molecule has 1 aromatic carbocycles. The Hall–Kier alpha value is -2.82. The minimum Gasteiger partial charge on any atom is -0.459 e. The van der Waals surface area contributed by atoms with Crippen LogP contribution in [-0.4, -0.2) is 172 Å². The van der Waals surface area contributed by atoms with Crippen LogP contribution in [0.4, 0.5) is 4.39 Å². The Labute approximate surface area is 420 Å². The van der Waals surface area contributed by atoms with Crippen molar-refractivity contribution >= 4 is 11.9 Å². The largest absolute Gasteiger partial charge is 0.459 e. The number of nitrogens with zero attached hydrogens (tertiary/aromatic N) is 3. The first-order valence-electron chi connectivity index (χ1n) is 25.7. The maximum Gasteiger partial charge on any atom is 0.311 e. The summed E-state index contributed by atoms with van der Waals surface area (Å²) in [7, 11) is 5.19. The molecule has 0 aromatic heterocycles. The average molecular weight is 995 g/mol. The highest BCUT2D eigenvalue weighted by molar-refractivity contribution is 5.76. The van der Waals surface area contributed by atoms with Crippen LogP contribution in [0.15, 0.2) is 24.3 Å². The second-order valence-corrected chi connectivity index (χ2v) is 22.4. The number of methoxy groups -OCH3 is 1. The molecule has 6 N–H and O–H groups in total. The maximum atomic E-state index is 14.5. The SMILES string of the molecule is CC[C@H]1OC(=O)[C@H](C)[C@@H](O[C@H](C)C[C@@](C)(OC)[C@@H](O)C(C)C)[C@H](C)[C@@H](O[C@H](C)[C@H](O)[C@H](CC(C)C)N(C)CCC(=O)N[C@H](CF)Cc2ccc(C#N)cc2)[C@](C)(O)C[C@@H](C)CN(C)[C@H](C)[C@@H](O)[C@]1(C)O. The number of amides is 1. The number of likely N-dealkylation sites (N-methyl/N-ethyl adjacent to an activating group) is 2. The van der Waals surface area contributed by atoms with Gasteiger partial charge in [-0.3, -0.25) is 9.59 Å². The second kappa shape index (κ2) is 28.0. The molecule has 404 valence electrons. The summed E-state index contributed by atoms with van der Waals surface area (Å²) in [6.45, 7) is 25.4. The fraction of sp³-hybridized carbons (Fsp3) is 0.833. The van der Waals surface area contributed by atoms with Crippen molar-refractivity contribution < 1.29 is 58.5 Å². The molecule has 1 saturated heterocycles. The van der Waals surface area contributed by atoms with Gasteiger partial charge < -0.3 is 59.6 Å². The summed E-state index contributed by atoms with van der Waals surface area (Å²) in [6.07, 6.45) is -6.52. The van der Waals surface area contributed by atoms with Crippen molar-refractivity contribution in [3.63, 3.8) is 0 Å². The first kappa shape index (κ1) is 63.3. The molecular formula is C54H95FN4O11. The quantitative estimate of drug-likeness (QED) is 0.0755. The molecule has 1 heterocycles. The lowest BCUT2D eigenvalue weighted by molar-refractivity contribution is -0.214. The van der Waals surface area contributed by atoms with Gasteiger partial charge in [-0.05, 0) is 124 Å². The number of carbonyl (C=O) groups excluding carboxylic acids is 2. The Morgan fingerprint density at radius 3 is 2.19 bits per heavy atom. The Kier molecular flexibility index (Phi) is 25.3. The zero-order valence-electron chi connectivity index (χ0n) is 45.8. The molecule has 0 bridgehead atoms. The van der Waals surface area contributed by atoms with E-state index in [4.69, 9.17) is 24.2 Å². The Morgan fingerprint density at radius 1 is 1.07 bits per heavy atom. The molecule has 1 aliphatic heterocycles. The number of halogens is 1. The maximum absolute atomic E-state index is 14.5. The van der Waals surface area contributed by atoms with Crippen LogP contribution < -0.4 is 5.32 Å². The molecule has 0 saturated carbocycles. The summed E-state index contributed by atoms with van der Waals surface area (Å²) in [5.74, 6) is -3.01. The van der Waals surface area contributed by atoms with Gasteiger partial charge in [0.15, 0.2) is 0 Å². The van der Waals surface area contributed by atoms with E-state index in [1.165, 1.54) is 14.0 Å². The highest BCUT2D eigenvalue weighted by Gasteiger charge is 2.50. The number of carbonyl (C=O) groups is 2. The lowest BCUT2D eigenvalue weighted by Crippen LogP contribution is -2.59. The number of aliphatic hydroxyl groups is 5. The van der Waals surface area contributed by atoms with Crippen LogP contribution in [0.2, 0.25) is 0 Å². The first-order valence-corrected chi connectivity index (χ1v) is 25.7. The predicted octanol–water partition coefficient (Wildman–Crippen LogP) is 5.83. The molecule has 2 rings (SSSR count). The van der Waals surface area contributed by atoms with Crippen LogP contribution in [0.5, 0.6) is 0 Å². The fourth-order valence-electron chi connectivity index (χ4n) is 10.7. The summed E-state index contributed by atoms with van der Waals surface area (Å²) in [6, 6.07) is 7.02. The first-order chi connectivity index (χ1) is 32.4. The second-order valence-electron chi connectivity index (χ2n) is 22.4. The third-order valence-corrected chi connectivity index (χ3v) is 15.0. The van der Waals surface area contributed by atoms with Crippen LogP contribution in [-0.2, 0) is 35.0 Å². The molecule has 16 heteroatoms. The topological polar surface area (TPSA) is 215 Å². The van der Waals surface area contributed by atoms with Gasteiger partial charge in [-0.15, -0.1) is 0 Å². The number of cyclic esters (lactones) is 1. The number of nitriles is 1. The van der Waals surface area contributed by atoms with Gasteiger partial charge in [-0.2, -0.15) is 5.26 Å². The number of hydrogen-bond acceptors (Lipinski definition) is 14.